The molecular weight excluding hydrogens is 297 g/mol. The fourth-order valence-corrected chi connectivity index (χ4v) is 3.32. The zero-order valence-corrected chi connectivity index (χ0v) is 10.9. The van der Waals surface area contributed by atoms with Crippen molar-refractivity contribution >= 4 is 40.2 Å². The normalized spacial score (nSPS) is 17.0. The lowest BCUT2D eigenvalue weighted by Crippen LogP contribution is -2.14. The molecule has 15 heavy (non-hydrogen) atoms. The first-order chi connectivity index (χ1) is 7.31. The second kappa shape index (κ2) is 5.10. The Hall–Kier alpha value is -0.380. The summed E-state index contributed by atoms with van der Waals surface area (Å²) in [6.07, 6.45) is 0.855. The summed E-state index contributed by atoms with van der Waals surface area (Å²) in [5.74, 6) is 0.887. The summed E-state index contributed by atoms with van der Waals surface area (Å²) in [5, 5.41) is 1.20. The van der Waals surface area contributed by atoms with Crippen molar-refractivity contribution in [3.8, 4) is 5.75 Å². The third kappa shape index (κ3) is 2.60. The van der Waals surface area contributed by atoms with Gasteiger partial charge in [0.2, 0.25) is 0 Å². The molecule has 1 aromatic rings. The highest BCUT2D eigenvalue weighted by Crippen LogP contribution is 2.34. The number of fused-ring (bicyclic) bond motifs is 1. The highest BCUT2D eigenvalue weighted by molar-refractivity contribution is 9.10. The van der Waals surface area contributed by atoms with Gasteiger partial charge in [-0.2, -0.15) is 0 Å². The molecule has 1 aliphatic heterocycles. The number of halogens is 1. The molecule has 1 aromatic carbocycles. The van der Waals surface area contributed by atoms with E-state index < -0.39 is 0 Å². The van der Waals surface area contributed by atoms with E-state index in [1.54, 1.807) is 0 Å². The largest absolute Gasteiger partial charge is 0.493 e. The molecule has 0 atom stereocenters. The van der Waals surface area contributed by atoms with E-state index in [1.165, 1.54) is 5.29 Å². The van der Waals surface area contributed by atoms with Crippen LogP contribution >= 0.6 is 34.9 Å². The number of rotatable bonds is 2. The monoisotopic (exact) mass is 303 g/mol. The van der Waals surface area contributed by atoms with Crippen LogP contribution in [-0.2, 0) is 0 Å². The van der Waals surface area contributed by atoms with Crippen molar-refractivity contribution in [2.24, 2.45) is 4.58 Å². The maximum Gasteiger partial charge on any atom is 0.127 e. The maximum absolute atomic E-state index is 10.1. The summed E-state index contributed by atoms with van der Waals surface area (Å²) in [6, 6.07) is 5.90. The Morgan fingerprint density at radius 3 is 3.20 bits per heavy atom. The lowest BCUT2D eigenvalue weighted by atomic mass is 10.1. The van der Waals surface area contributed by atoms with Gasteiger partial charge in [-0.15, -0.1) is 4.91 Å². The number of benzene rings is 1. The Morgan fingerprint density at radius 1 is 1.53 bits per heavy atom. The predicted octanol–water partition coefficient (Wildman–Crippen LogP) is 4.03. The number of hydrogen-bond donors (Lipinski definition) is 0. The van der Waals surface area contributed by atoms with Gasteiger partial charge in [0, 0.05) is 26.3 Å². The summed E-state index contributed by atoms with van der Waals surface area (Å²) in [6.45, 7) is 0.677. The first kappa shape index (κ1) is 11.1. The summed E-state index contributed by atoms with van der Waals surface area (Å²) < 4.78 is 9.35. The molecule has 0 saturated carbocycles. The van der Waals surface area contributed by atoms with E-state index in [2.05, 4.69) is 20.5 Å². The van der Waals surface area contributed by atoms with E-state index in [4.69, 9.17) is 4.74 Å². The van der Waals surface area contributed by atoms with Crippen LogP contribution < -0.4 is 4.74 Å². The fourth-order valence-electron chi connectivity index (χ4n) is 1.41. The molecular formula is C9H7BrNO2PS. The smallest absolute Gasteiger partial charge is 0.127 e. The molecule has 3 nitrogen and oxygen atoms in total. The van der Waals surface area contributed by atoms with Crippen LogP contribution in [0, 0.1) is 4.91 Å². The molecule has 0 radical (unpaired) electrons. The van der Waals surface area contributed by atoms with Crippen LogP contribution in [0.4, 0.5) is 0 Å². The number of ether oxygens (including phenoxy) is 1. The van der Waals surface area contributed by atoms with Crippen molar-refractivity contribution in [2.45, 2.75) is 6.42 Å². The molecule has 0 amide bonds. The van der Waals surface area contributed by atoms with Gasteiger partial charge >= 0.3 is 0 Å². The van der Waals surface area contributed by atoms with Crippen molar-refractivity contribution in [3.05, 3.63) is 33.1 Å². The van der Waals surface area contributed by atoms with Crippen LogP contribution in [0.25, 0.3) is 0 Å². The molecule has 0 N–H and O–H groups in total. The third-order valence-corrected chi connectivity index (χ3v) is 4.47. The van der Waals surface area contributed by atoms with Gasteiger partial charge in [0.15, 0.2) is 0 Å². The molecule has 2 rings (SSSR count). The minimum Gasteiger partial charge on any atom is -0.493 e. The lowest BCUT2D eigenvalue weighted by molar-refractivity contribution is 0.321. The standard InChI is InChI=1S/C9H7BrNO2PS/c10-6-1-2-8-7(5-6)9(3-4-13-8)14-15-11-12/h1-2,5H,3-4H2. The topological polar surface area (TPSA) is 38.7 Å². The first-order valence-corrected chi connectivity index (χ1v) is 7.36. The Labute approximate surface area is 101 Å². The summed E-state index contributed by atoms with van der Waals surface area (Å²) in [7, 11) is 0.900. The number of hydrogen-bond acceptors (Lipinski definition) is 4. The van der Waals surface area contributed by atoms with E-state index in [0.29, 0.717) is 6.61 Å². The fraction of sp³-hybridized carbons (Fsp3) is 0.222. The molecule has 0 aromatic heterocycles. The van der Waals surface area contributed by atoms with Crippen LogP contribution in [0.5, 0.6) is 5.75 Å². The van der Waals surface area contributed by atoms with E-state index in [0.717, 1.165) is 41.2 Å². The van der Waals surface area contributed by atoms with Crippen LogP contribution in [0.15, 0.2) is 27.3 Å². The predicted molar refractivity (Wildman–Crippen MR) is 68.7 cm³/mol. The molecule has 0 fully saturated rings. The molecule has 1 aliphatic rings. The molecule has 0 aliphatic carbocycles. The van der Waals surface area contributed by atoms with E-state index in [-0.39, 0.29) is 0 Å². The molecule has 78 valence electrons. The minimum atomic E-state index is 0.677. The average molecular weight is 304 g/mol. The van der Waals surface area contributed by atoms with Gasteiger partial charge in [-0.3, -0.25) is 0 Å². The summed E-state index contributed by atoms with van der Waals surface area (Å²) >= 11 is 4.44. The molecule has 0 bridgehead atoms. The molecule has 0 unspecified atom stereocenters. The molecule has 1 heterocycles. The molecule has 0 saturated heterocycles. The van der Waals surface area contributed by atoms with Crippen molar-refractivity contribution in [3.63, 3.8) is 0 Å². The van der Waals surface area contributed by atoms with Crippen molar-refractivity contribution < 1.29 is 4.74 Å². The van der Waals surface area contributed by atoms with E-state index in [1.807, 2.05) is 18.2 Å². The van der Waals surface area contributed by atoms with Crippen LogP contribution in [0.2, 0.25) is 0 Å². The molecule has 6 heteroatoms. The van der Waals surface area contributed by atoms with Gasteiger partial charge in [0.25, 0.3) is 0 Å². The van der Waals surface area contributed by atoms with Gasteiger partial charge in [0.05, 0.1) is 18.2 Å². The Bertz CT molecular complexity index is 425. The highest BCUT2D eigenvalue weighted by Gasteiger charge is 2.15. The second-order valence-corrected chi connectivity index (χ2v) is 5.92. The van der Waals surface area contributed by atoms with Gasteiger partial charge < -0.3 is 4.74 Å². The van der Waals surface area contributed by atoms with Crippen molar-refractivity contribution in [1.29, 1.82) is 0 Å². The SMILES string of the molecule is O=NSP=C1CCOc2ccc(Br)cc21. The third-order valence-electron chi connectivity index (χ3n) is 2.03. The first-order valence-electron chi connectivity index (χ1n) is 4.29. The summed E-state index contributed by atoms with van der Waals surface area (Å²) in [5.41, 5.74) is 1.08. The Balaban J connectivity index is 2.40. The van der Waals surface area contributed by atoms with Gasteiger partial charge in [-0.05, 0) is 25.6 Å². The minimum absolute atomic E-state index is 0.677. The van der Waals surface area contributed by atoms with Crippen LogP contribution in [-0.4, -0.2) is 11.9 Å². The maximum atomic E-state index is 10.1. The Kier molecular flexibility index (Phi) is 3.78. The van der Waals surface area contributed by atoms with Gasteiger partial charge in [0.1, 0.15) is 5.75 Å². The van der Waals surface area contributed by atoms with Gasteiger partial charge in [-0.1, -0.05) is 15.9 Å². The lowest BCUT2D eigenvalue weighted by Gasteiger charge is -2.19. The second-order valence-electron chi connectivity index (χ2n) is 2.93. The zero-order valence-electron chi connectivity index (χ0n) is 7.64. The zero-order chi connectivity index (χ0) is 10.7. The average Bonchev–Trinajstić information content (AvgIpc) is 2.26. The van der Waals surface area contributed by atoms with Gasteiger partial charge in [-0.25, -0.2) is 0 Å². The van der Waals surface area contributed by atoms with E-state index >= 15 is 0 Å². The number of nitroso groups, excluding NO2 is 1. The van der Waals surface area contributed by atoms with Crippen molar-refractivity contribution in [1.82, 2.24) is 0 Å². The van der Waals surface area contributed by atoms with Crippen molar-refractivity contribution in [2.75, 3.05) is 6.61 Å². The number of nitrogens with zero attached hydrogens (tertiary/aromatic N) is 1. The van der Waals surface area contributed by atoms with Crippen LogP contribution in [0.3, 0.4) is 0 Å². The Morgan fingerprint density at radius 2 is 2.40 bits per heavy atom. The quantitative estimate of drug-likeness (QED) is 0.470. The molecule has 0 spiro atoms. The highest BCUT2D eigenvalue weighted by atomic mass is 79.9. The van der Waals surface area contributed by atoms with E-state index in [9.17, 15) is 4.91 Å². The summed E-state index contributed by atoms with van der Waals surface area (Å²) in [4.78, 5) is 10.1. The van der Waals surface area contributed by atoms with Crippen LogP contribution in [0.1, 0.15) is 12.0 Å².